The Morgan fingerprint density at radius 2 is 2.15 bits per heavy atom. The van der Waals surface area contributed by atoms with Crippen LogP contribution in [0.5, 0.6) is 0 Å². The normalized spacial score (nSPS) is 18.4. The first-order chi connectivity index (χ1) is 12.5. The van der Waals surface area contributed by atoms with Crippen molar-refractivity contribution in [1.82, 2.24) is 20.9 Å². The highest BCUT2D eigenvalue weighted by Gasteiger charge is 2.28. The second kappa shape index (κ2) is 12.1. The summed E-state index contributed by atoms with van der Waals surface area (Å²) in [6.45, 7) is 3.73. The van der Waals surface area contributed by atoms with Gasteiger partial charge < -0.3 is 16.0 Å². The predicted octanol–water partition coefficient (Wildman–Crippen LogP) is 0.491. The van der Waals surface area contributed by atoms with Crippen molar-refractivity contribution in [3.63, 3.8) is 0 Å². The van der Waals surface area contributed by atoms with Gasteiger partial charge in [-0.2, -0.15) is 0 Å². The third-order valence-electron chi connectivity index (χ3n) is 3.95. The molecule has 27 heavy (non-hydrogen) atoms. The molecule has 1 aliphatic heterocycles. The first-order valence-corrected chi connectivity index (χ1v) is 10.7. The number of nitrogens with one attached hydrogen (secondary N) is 3. The average molecular weight is 509 g/mol. The van der Waals surface area contributed by atoms with Crippen molar-refractivity contribution < 1.29 is 13.2 Å². The maximum absolute atomic E-state index is 11.9. The number of pyridine rings is 1. The molecule has 1 atom stereocenters. The van der Waals surface area contributed by atoms with Crippen LogP contribution in [0.15, 0.2) is 29.4 Å². The Balaban J connectivity index is 0.00000364. The number of hydrogen-bond donors (Lipinski definition) is 3. The molecular weight excluding hydrogens is 481 g/mol. The molecule has 8 nitrogen and oxygen atoms in total. The van der Waals surface area contributed by atoms with Crippen LogP contribution >= 0.6 is 24.0 Å². The van der Waals surface area contributed by atoms with Crippen LogP contribution in [0, 0.1) is 0 Å². The molecule has 10 heteroatoms. The Morgan fingerprint density at radius 1 is 1.33 bits per heavy atom. The van der Waals surface area contributed by atoms with Gasteiger partial charge in [0.2, 0.25) is 5.91 Å². The lowest BCUT2D eigenvalue weighted by molar-refractivity contribution is -0.121. The van der Waals surface area contributed by atoms with Gasteiger partial charge >= 0.3 is 0 Å². The molecule has 1 fully saturated rings. The Bertz CT molecular complexity index is 713. The third-order valence-corrected chi connectivity index (χ3v) is 5.72. The van der Waals surface area contributed by atoms with Crippen LogP contribution in [0.2, 0.25) is 0 Å². The molecule has 2 rings (SSSR count). The van der Waals surface area contributed by atoms with E-state index in [1.54, 1.807) is 6.20 Å². The van der Waals surface area contributed by atoms with Gasteiger partial charge in [0.15, 0.2) is 15.8 Å². The molecule has 1 aromatic rings. The summed E-state index contributed by atoms with van der Waals surface area (Å²) < 4.78 is 22.8. The maximum atomic E-state index is 11.9. The van der Waals surface area contributed by atoms with Gasteiger partial charge in [-0.1, -0.05) is 6.07 Å². The first-order valence-electron chi connectivity index (χ1n) is 8.90. The van der Waals surface area contributed by atoms with Gasteiger partial charge in [-0.3, -0.25) is 14.8 Å². The lowest BCUT2D eigenvalue weighted by Gasteiger charge is -2.12. The Hall–Kier alpha value is -1.43. The van der Waals surface area contributed by atoms with Crippen molar-refractivity contribution in [3.05, 3.63) is 30.1 Å². The molecule has 2 heterocycles. The largest absolute Gasteiger partial charge is 0.357 e. The molecule has 0 bridgehead atoms. The highest BCUT2D eigenvalue weighted by Crippen LogP contribution is 2.11. The highest BCUT2D eigenvalue weighted by molar-refractivity contribution is 14.0. The Morgan fingerprint density at radius 3 is 2.78 bits per heavy atom. The fourth-order valence-corrected chi connectivity index (χ4v) is 4.35. The number of hydrogen-bond acceptors (Lipinski definition) is 5. The number of guanidine groups is 1. The zero-order valence-corrected chi connectivity index (χ0v) is 18.6. The molecule has 0 aromatic carbocycles. The SMILES string of the molecule is CCNC(=NCCC(=O)NC1CCS(=O)(=O)C1)NCCc1ccccn1.I. The Kier molecular flexibility index (Phi) is 10.6. The van der Waals surface area contributed by atoms with E-state index in [2.05, 4.69) is 25.9 Å². The number of nitrogens with zero attached hydrogens (tertiary/aromatic N) is 2. The number of aliphatic imine (C=N–C) groups is 1. The summed E-state index contributed by atoms with van der Waals surface area (Å²) in [4.78, 5) is 20.6. The van der Waals surface area contributed by atoms with Gasteiger partial charge in [0, 0.05) is 43.9 Å². The fraction of sp³-hybridized carbons (Fsp3) is 0.588. The van der Waals surface area contributed by atoms with Gasteiger partial charge in [-0.15, -0.1) is 24.0 Å². The number of carbonyl (C=O) groups is 1. The van der Waals surface area contributed by atoms with Crippen LogP contribution in [-0.4, -0.2) is 62.5 Å². The summed E-state index contributed by atoms with van der Waals surface area (Å²) in [7, 11) is -2.98. The van der Waals surface area contributed by atoms with Gasteiger partial charge in [0.25, 0.3) is 0 Å². The summed E-state index contributed by atoms with van der Waals surface area (Å²) >= 11 is 0. The minimum absolute atomic E-state index is 0. The zero-order valence-electron chi connectivity index (χ0n) is 15.5. The second-order valence-electron chi connectivity index (χ2n) is 6.18. The molecule has 0 saturated carbocycles. The minimum atomic E-state index is -2.98. The van der Waals surface area contributed by atoms with Crippen molar-refractivity contribution in [2.24, 2.45) is 4.99 Å². The summed E-state index contributed by atoms with van der Waals surface area (Å²) in [5.74, 6) is 0.681. The third kappa shape index (κ3) is 9.36. The minimum Gasteiger partial charge on any atom is -0.357 e. The number of halogens is 1. The molecular formula is C17H28IN5O3S. The van der Waals surface area contributed by atoms with Crippen molar-refractivity contribution in [2.75, 3.05) is 31.1 Å². The summed E-state index contributed by atoms with van der Waals surface area (Å²) in [5, 5.41) is 9.12. The summed E-state index contributed by atoms with van der Waals surface area (Å²) in [6, 6.07) is 5.55. The van der Waals surface area contributed by atoms with Gasteiger partial charge in [-0.25, -0.2) is 8.42 Å². The molecule has 1 amide bonds. The number of carbonyl (C=O) groups excluding carboxylic acids is 1. The van der Waals surface area contributed by atoms with E-state index in [4.69, 9.17) is 0 Å². The van der Waals surface area contributed by atoms with Gasteiger partial charge in [0.05, 0.1) is 18.1 Å². The van der Waals surface area contributed by atoms with Crippen LogP contribution in [0.25, 0.3) is 0 Å². The number of sulfone groups is 1. The molecule has 152 valence electrons. The van der Waals surface area contributed by atoms with Crippen LogP contribution in [0.4, 0.5) is 0 Å². The lowest BCUT2D eigenvalue weighted by Crippen LogP contribution is -2.39. The van der Waals surface area contributed by atoms with E-state index >= 15 is 0 Å². The molecule has 0 radical (unpaired) electrons. The quantitative estimate of drug-likeness (QED) is 0.267. The van der Waals surface area contributed by atoms with Gasteiger partial charge in [0.1, 0.15) is 0 Å². The van der Waals surface area contributed by atoms with Crippen LogP contribution < -0.4 is 16.0 Å². The first kappa shape index (κ1) is 23.6. The van der Waals surface area contributed by atoms with E-state index in [0.717, 1.165) is 18.7 Å². The molecule has 1 aliphatic rings. The van der Waals surface area contributed by atoms with E-state index in [1.807, 2.05) is 25.1 Å². The molecule has 0 spiro atoms. The highest BCUT2D eigenvalue weighted by atomic mass is 127. The predicted molar refractivity (Wildman–Crippen MR) is 117 cm³/mol. The van der Waals surface area contributed by atoms with E-state index in [-0.39, 0.29) is 53.9 Å². The lowest BCUT2D eigenvalue weighted by atomic mass is 10.2. The summed E-state index contributed by atoms with van der Waals surface area (Å²) in [5.41, 5.74) is 1.00. The molecule has 1 saturated heterocycles. The van der Waals surface area contributed by atoms with Crippen LogP contribution in [0.3, 0.4) is 0 Å². The van der Waals surface area contributed by atoms with E-state index in [9.17, 15) is 13.2 Å². The maximum Gasteiger partial charge on any atom is 0.222 e. The fourth-order valence-electron chi connectivity index (χ4n) is 2.67. The molecule has 1 unspecified atom stereocenters. The van der Waals surface area contributed by atoms with E-state index < -0.39 is 9.84 Å². The smallest absolute Gasteiger partial charge is 0.222 e. The van der Waals surface area contributed by atoms with Crippen molar-refractivity contribution >= 4 is 45.7 Å². The summed E-state index contributed by atoms with van der Waals surface area (Å²) in [6.07, 6.45) is 3.27. The van der Waals surface area contributed by atoms with Gasteiger partial charge in [-0.05, 0) is 25.5 Å². The van der Waals surface area contributed by atoms with Crippen molar-refractivity contribution in [1.29, 1.82) is 0 Å². The number of rotatable bonds is 8. The second-order valence-corrected chi connectivity index (χ2v) is 8.40. The van der Waals surface area contributed by atoms with Crippen LogP contribution in [-0.2, 0) is 21.1 Å². The van der Waals surface area contributed by atoms with E-state index in [1.165, 1.54) is 0 Å². The molecule has 3 N–H and O–H groups in total. The average Bonchev–Trinajstić information content (AvgIpc) is 2.94. The van der Waals surface area contributed by atoms with Crippen LogP contribution in [0.1, 0.15) is 25.5 Å². The monoisotopic (exact) mass is 509 g/mol. The van der Waals surface area contributed by atoms with E-state index in [0.29, 0.717) is 25.5 Å². The Labute approximate surface area is 178 Å². The zero-order chi connectivity index (χ0) is 18.8. The molecule has 0 aliphatic carbocycles. The topological polar surface area (TPSA) is 113 Å². The number of amides is 1. The molecule has 1 aromatic heterocycles. The standard InChI is InChI=1S/C17H27N5O3S.HI/c1-2-18-17(20-10-6-14-5-3-4-9-19-14)21-11-7-16(23)22-15-8-12-26(24,25)13-15;/h3-5,9,15H,2,6-8,10-13H2,1H3,(H,22,23)(H2,18,20,21);1H. The number of aromatic nitrogens is 1. The van der Waals surface area contributed by atoms with Crippen molar-refractivity contribution in [3.8, 4) is 0 Å². The van der Waals surface area contributed by atoms with Crippen molar-refractivity contribution in [2.45, 2.75) is 32.2 Å².